The van der Waals surface area contributed by atoms with E-state index >= 15 is 0 Å². The molecule has 38 heavy (non-hydrogen) atoms. The van der Waals surface area contributed by atoms with Gasteiger partial charge in [0.1, 0.15) is 0 Å². The molecule has 0 saturated heterocycles. The van der Waals surface area contributed by atoms with Crippen LogP contribution in [0.3, 0.4) is 0 Å². The van der Waals surface area contributed by atoms with Crippen LogP contribution in [0.25, 0.3) is 22.2 Å². The highest BCUT2D eigenvalue weighted by atomic mass is 16.4. The summed E-state index contributed by atoms with van der Waals surface area (Å²) in [6.45, 7) is 13.2. The van der Waals surface area contributed by atoms with E-state index in [1.807, 2.05) is 32.0 Å². The first-order valence-electron chi connectivity index (χ1n) is 14.3. The molecular weight excluding hydrogens is 476 g/mol. The van der Waals surface area contributed by atoms with Crippen molar-refractivity contribution in [2.24, 2.45) is 5.92 Å². The SMILES string of the molecule is CC.CCC.CCCC(CC)c1c2n(c3cc(C(=O)O)ccc13)CC(C(=O)NCCO)Cc1ccccc1-2. The van der Waals surface area contributed by atoms with Crippen molar-refractivity contribution in [3.05, 3.63) is 59.2 Å². The Labute approximate surface area is 228 Å². The molecule has 3 N–H and O–H groups in total. The molecule has 0 fully saturated rings. The Kier molecular flexibility index (Phi) is 12.5. The van der Waals surface area contributed by atoms with E-state index < -0.39 is 5.97 Å². The van der Waals surface area contributed by atoms with E-state index in [1.54, 1.807) is 12.1 Å². The number of aliphatic hydroxyl groups is 1. The summed E-state index contributed by atoms with van der Waals surface area (Å²) >= 11 is 0. The van der Waals surface area contributed by atoms with Crippen LogP contribution >= 0.6 is 0 Å². The van der Waals surface area contributed by atoms with Crippen LogP contribution in [-0.2, 0) is 17.8 Å². The third-order valence-corrected chi connectivity index (χ3v) is 6.81. The molecular formula is C32H46N2O4. The molecule has 4 rings (SSSR count). The normalized spacial score (nSPS) is 14.6. The molecule has 1 aliphatic heterocycles. The summed E-state index contributed by atoms with van der Waals surface area (Å²) in [6.07, 6.45) is 4.94. The maximum atomic E-state index is 13.0. The van der Waals surface area contributed by atoms with Crippen LogP contribution in [0.1, 0.15) is 94.6 Å². The number of aromatic nitrogens is 1. The molecule has 2 heterocycles. The zero-order valence-corrected chi connectivity index (χ0v) is 24.0. The van der Waals surface area contributed by atoms with Gasteiger partial charge in [-0.25, -0.2) is 4.79 Å². The summed E-state index contributed by atoms with van der Waals surface area (Å²) in [5.74, 6) is -1.02. The average molecular weight is 523 g/mol. The molecule has 0 saturated carbocycles. The smallest absolute Gasteiger partial charge is 0.335 e. The monoisotopic (exact) mass is 522 g/mol. The summed E-state index contributed by atoms with van der Waals surface area (Å²) in [4.78, 5) is 24.8. The van der Waals surface area contributed by atoms with E-state index in [1.165, 1.54) is 12.0 Å². The zero-order chi connectivity index (χ0) is 28.2. The van der Waals surface area contributed by atoms with E-state index in [9.17, 15) is 19.8 Å². The molecule has 0 bridgehead atoms. The molecule has 1 amide bonds. The summed E-state index contributed by atoms with van der Waals surface area (Å²) in [6, 6.07) is 13.6. The number of nitrogens with one attached hydrogen (secondary N) is 1. The standard InChI is InChI=1S/C27H32N2O4.C3H8.C2H6/c1-3-7-17(4-2)24-22-11-10-19(27(32)33)15-23(22)29-16-20(26(31)28-12-13-30)14-18-8-5-6-9-21(18)25(24)29;1-3-2;1-2/h5-6,8-11,15,17,20,30H,3-4,7,12-14,16H2,1-2H3,(H,28,31)(H,32,33);3H2,1-2H3;1-2H3. The first-order chi connectivity index (χ1) is 18.4. The maximum absolute atomic E-state index is 13.0. The number of hydrogen-bond acceptors (Lipinski definition) is 3. The molecule has 2 unspecified atom stereocenters. The van der Waals surface area contributed by atoms with Gasteiger partial charge in [0, 0.05) is 29.6 Å². The third kappa shape index (κ3) is 6.84. The minimum Gasteiger partial charge on any atom is -0.478 e. The van der Waals surface area contributed by atoms with Gasteiger partial charge < -0.3 is 20.1 Å². The molecule has 2 aromatic carbocycles. The van der Waals surface area contributed by atoms with Crippen molar-refractivity contribution in [3.63, 3.8) is 0 Å². The topological polar surface area (TPSA) is 91.6 Å². The second-order valence-corrected chi connectivity index (χ2v) is 9.58. The van der Waals surface area contributed by atoms with Gasteiger partial charge in [0.2, 0.25) is 5.91 Å². The Hall–Kier alpha value is -3.12. The van der Waals surface area contributed by atoms with Crippen LogP contribution in [0.2, 0.25) is 0 Å². The first-order valence-corrected chi connectivity index (χ1v) is 14.3. The summed E-state index contributed by atoms with van der Waals surface area (Å²) in [5.41, 5.74) is 5.72. The lowest BCUT2D eigenvalue weighted by molar-refractivity contribution is -0.125. The molecule has 1 aromatic heterocycles. The van der Waals surface area contributed by atoms with Crippen molar-refractivity contribution in [2.45, 2.75) is 86.1 Å². The van der Waals surface area contributed by atoms with Crippen molar-refractivity contribution in [3.8, 4) is 11.3 Å². The van der Waals surface area contributed by atoms with E-state index in [4.69, 9.17) is 0 Å². The van der Waals surface area contributed by atoms with Crippen molar-refractivity contribution in [1.82, 2.24) is 9.88 Å². The van der Waals surface area contributed by atoms with Gasteiger partial charge >= 0.3 is 5.97 Å². The van der Waals surface area contributed by atoms with Crippen molar-refractivity contribution in [2.75, 3.05) is 13.2 Å². The minimum absolute atomic E-state index is 0.0925. The van der Waals surface area contributed by atoms with Gasteiger partial charge in [0.15, 0.2) is 0 Å². The highest BCUT2D eigenvalue weighted by Crippen LogP contribution is 2.44. The number of benzene rings is 2. The van der Waals surface area contributed by atoms with Crippen molar-refractivity contribution in [1.29, 1.82) is 0 Å². The number of aliphatic hydroxyl groups excluding tert-OH is 1. The predicted octanol–water partition coefficient (Wildman–Crippen LogP) is 7.02. The number of nitrogens with zero attached hydrogens (tertiary/aromatic N) is 1. The zero-order valence-electron chi connectivity index (χ0n) is 24.0. The summed E-state index contributed by atoms with van der Waals surface area (Å²) in [7, 11) is 0. The molecule has 0 spiro atoms. The predicted molar refractivity (Wildman–Crippen MR) is 157 cm³/mol. The van der Waals surface area contributed by atoms with Crippen LogP contribution in [0.5, 0.6) is 0 Å². The van der Waals surface area contributed by atoms with Gasteiger partial charge in [-0.1, -0.05) is 84.7 Å². The number of fused-ring (bicyclic) bond motifs is 5. The van der Waals surface area contributed by atoms with Crippen LogP contribution in [-0.4, -0.2) is 39.8 Å². The Morgan fingerprint density at radius 1 is 1.08 bits per heavy atom. The number of aromatic carboxylic acids is 1. The van der Waals surface area contributed by atoms with Crippen LogP contribution in [0, 0.1) is 5.92 Å². The van der Waals surface area contributed by atoms with Gasteiger partial charge in [-0.05, 0) is 48.4 Å². The quantitative estimate of drug-likeness (QED) is 0.296. The largest absolute Gasteiger partial charge is 0.478 e. The van der Waals surface area contributed by atoms with Gasteiger partial charge in [-0.15, -0.1) is 0 Å². The van der Waals surface area contributed by atoms with Crippen LogP contribution < -0.4 is 5.32 Å². The third-order valence-electron chi connectivity index (χ3n) is 6.81. The molecule has 1 aliphatic rings. The van der Waals surface area contributed by atoms with Gasteiger partial charge in [-0.2, -0.15) is 0 Å². The number of carbonyl (C=O) groups excluding carboxylic acids is 1. The van der Waals surface area contributed by atoms with Crippen LogP contribution in [0.4, 0.5) is 0 Å². The number of carboxylic acid groups (broad SMARTS) is 1. The maximum Gasteiger partial charge on any atom is 0.335 e. The lowest BCUT2D eigenvalue weighted by atomic mass is 9.86. The lowest BCUT2D eigenvalue weighted by Crippen LogP contribution is -2.35. The Bertz CT molecular complexity index is 1200. The van der Waals surface area contributed by atoms with Crippen molar-refractivity contribution < 1.29 is 19.8 Å². The van der Waals surface area contributed by atoms with Crippen LogP contribution in [0.15, 0.2) is 42.5 Å². The highest BCUT2D eigenvalue weighted by molar-refractivity contribution is 5.98. The Balaban J connectivity index is 0.000000947. The molecule has 0 aliphatic carbocycles. The molecule has 6 heteroatoms. The number of amides is 1. The van der Waals surface area contributed by atoms with Gasteiger partial charge in [0.25, 0.3) is 0 Å². The molecule has 0 radical (unpaired) electrons. The van der Waals surface area contributed by atoms with E-state index in [0.717, 1.165) is 47.0 Å². The second-order valence-electron chi connectivity index (χ2n) is 9.58. The average Bonchev–Trinajstić information content (AvgIpc) is 3.13. The van der Waals surface area contributed by atoms with E-state index in [2.05, 4.69) is 49.7 Å². The molecule has 6 nitrogen and oxygen atoms in total. The highest BCUT2D eigenvalue weighted by Gasteiger charge is 2.32. The number of carboxylic acids is 1. The molecule has 2 atom stereocenters. The second kappa shape index (κ2) is 15.3. The Morgan fingerprint density at radius 2 is 1.76 bits per heavy atom. The fraction of sp³-hybridized carbons (Fsp3) is 0.500. The molecule has 208 valence electrons. The Morgan fingerprint density at radius 3 is 2.37 bits per heavy atom. The lowest BCUT2D eigenvalue weighted by Gasteiger charge is -2.18. The fourth-order valence-corrected chi connectivity index (χ4v) is 5.28. The van der Waals surface area contributed by atoms with Gasteiger partial charge in [-0.3, -0.25) is 4.79 Å². The van der Waals surface area contributed by atoms with E-state index in [0.29, 0.717) is 18.9 Å². The van der Waals surface area contributed by atoms with E-state index in [-0.39, 0.29) is 30.5 Å². The van der Waals surface area contributed by atoms with Crippen molar-refractivity contribution >= 4 is 22.8 Å². The number of carbonyl (C=O) groups is 2. The number of hydrogen-bond donors (Lipinski definition) is 3. The fourth-order valence-electron chi connectivity index (χ4n) is 5.28. The first kappa shape index (κ1) is 31.1. The van der Waals surface area contributed by atoms with Gasteiger partial charge in [0.05, 0.1) is 23.8 Å². The number of rotatable bonds is 8. The summed E-state index contributed by atoms with van der Waals surface area (Å²) < 4.78 is 2.17. The summed E-state index contributed by atoms with van der Waals surface area (Å²) in [5, 5.41) is 22.7. The molecule has 3 aromatic rings. The minimum atomic E-state index is -0.958.